The number of aromatic nitrogens is 2. The normalized spacial score (nSPS) is 14.9. The van der Waals surface area contributed by atoms with Crippen molar-refractivity contribution in [2.75, 3.05) is 11.9 Å². The van der Waals surface area contributed by atoms with E-state index < -0.39 is 17.1 Å². The van der Waals surface area contributed by atoms with Crippen molar-refractivity contribution in [3.05, 3.63) is 81.8 Å². The van der Waals surface area contributed by atoms with Crippen LogP contribution in [0.5, 0.6) is 0 Å². The van der Waals surface area contributed by atoms with Gasteiger partial charge in [-0.2, -0.15) is 0 Å². The van der Waals surface area contributed by atoms with Crippen molar-refractivity contribution in [1.29, 1.82) is 0 Å². The van der Waals surface area contributed by atoms with E-state index in [9.17, 15) is 14.4 Å². The van der Waals surface area contributed by atoms with Crippen molar-refractivity contribution in [1.82, 2.24) is 14.5 Å². The summed E-state index contributed by atoms with van der Waals surface area (Å²) in [5.41, 5.74) is 6.21. The zero-order chi connectivity index (χ0) is 23.7. The Bertz CT molecular complexity index is 1270. The summed E-state index contributed by atoms with van der Waals surface area (Å²) in [5.74, 6) is -0.876. The van der Waals surface area contributed by atoms with Crippen molar-refractivity contribution in [3.63, 3.8) is 0 Å². The lowest BCUT2D eigenvalue weighted by atomic mass is 10.1. The van der Waals surface area contributed by atoms with Crippen LogP contribution in [0.1, 0.15) is 28.1 Å². The molecular formula is C25H24N4O3S. The maximum absolute atomic E-state index is 12.9. The summed E-state index contributed by atoms with van der Waals surface area (Å²) in [4.78, 5) is 43.5. The highest BCUT2D eigenvalue weighted by Crippen LogP contribution is 2.33. The summed E-state index contributed by atoms with van der Waals surface area (Å²) in [7, 11) is 0. The van der Waals surface area contributed by atoms with Crippen molar-refractivity contribution in [2.45, 2.75) is 27.7 Å². The number of aryl methyl sites for hydroxylation is 3. The molecule has 1 aliphatic heterocycles. The van der Waals surface area contributed by atoms with Crippen molar-refractivity contribution < 1.29 is 14.4 Å². The Morgan fingerprint density at radius 2 is 1.82 bits per heavy atom. The van der Waals surface area contributed by atoms with Gasteiger partial charge >= 0.3 is 0 Å². The molecule has 1 saturated heterocycles. The SMILES string of the molecule is Cc1cccc(C)c1NC(=O)CN1C(=O)S/C(=C\c2cc(C)n(-c3cccnc3)c2C)C1=O. The molecule has 1 aliphatic rings. The van der Waals surface area contributed by atoms with E-state index in [1.54, 1.807) is 18.5 Å². The molecule has 3 amide bonds. The predicted octanol–water partition coefficient (Wildman–Crippen LogP) is 4.78. The number of hydrogen-bond acceptors (Lipinski definition) is 5. The van der Waals surface area contributed by atoms with Gasteiger partial charge in [0, 0.05) is 23.3 Å². The summed E-state index contributed by atoms with van der Waals surface area (Å²) in [6.45, 7) is 7.39. The second-order valence-corrected chi connectivity index (χ2v) is 8.95. The number of imide groups is 1. The number of nitrogens with zero attached hydrogens (tertiary/aromatic N) is 3. The number of benzene rings is 1. The molecule has 0 unspecified atom stereocenters. The Morgan fingerprint density at radius 3 is 2.48 bits per heavy atom. The number of nitrogens with one attached hydrogen (secondary N) is 1. The van der Waals surface area contributed by atoms with E-state index in [0.717, 1.165) is 50.4 Å². The van der Waals surface area contributed by atoms with Gasteiger partial charge in [0.1, 0.15) is 6.54 Å². The van der Waals surface area contributed by atoms with Gasteiger partial charge in [0.05, 0.1) is 16.8 Å². The summed E-state index contributed by atoms with van der Waals surface area (Å²) >= 11 is 0.848. The first-order valence-electron chi connectivity index (χ1n) is 10.5. The largest absolute Gasteiger partial charge is 0.324 e. The summed E-state index contributed by atoms with van der Waals surface area (Å²) in [5, 5.41) is 2.37. The Hall–Kier alpha value is -3.65. The van der Waals surface area contributed by atoms with Gasteiger partial charge in [-0.05, 0) is 80.4 Å². The average molecular weight is 461 g/mol. The lowest BCUT2D eigenvalue weighted by Crippen LogP contribution is -2.36. The first-order valence-corrected chi connectivity index (χ1v) is 11.3. The summed E-state index contributed by atoms with van der Waals surface area (Å²) in [6, 6.07) is 11.5. The number of hydrogen-bond donors (Lipinski definition) is 1. The number of thioether (sulfide) groups is 1. The van der Waals surface area contributed by atoms with Crippen LogP contribution in [0.4, 0.5) is 10.5 Å². The molecule has 3 aromatic rings. The van der Waals surface area contributed by atoms with Crippen LogP contribution in [-0.4, -0.2) is 38.0 Å². The van der Waals surface area contributed by atoms with Gasteiger partial charge in [0.15, 0.2) is 0 Å². The Labute approximate surface area is 196 Å². The fraction of sp³-hybridized carbons (Fsp3) is 0.200. The van der Waals surface area contributed by atoms with E-state index in [4.69, 9.17) is 0 Å². The highest BCUT2D eigenvalue weighted by Gasteiger charge is 2.36. The fourth-order valence-electron chi connectivity index (χ4n) is 3.93. The van der Waals surface area contributed by atoms with Crippen molar-refractivity contribution >= 4 is 40.6 Å². The Morgan fingerprint density at radius 1 is 1.09 bits per heavy atom. The third-order valence-electron chi connectivity index (χ3n) is 5.58. The molecule has 8 heteroatoms. The van der Waals surface area contributed by atoms with Gasteiger partial charge in [0.2, 0.25) is 5.91 Å². The second kappa shape index (κ2) is 9.07. The predicted molar refractivity (Wildman–Crippen MR) is 130 cm³/mol. The highest BCUT2D eigenvalue weighted by atomic mass is 32.2. The molecule has 0 radical (unpaired) electrons. The number of carbonyl (C=O) groups is 3. The quantitative estimate of drug-likeness (QED) is 0.554. The molecular weight excluding hydrogens is 436 g/mol. The molecule has 0 aliphatic carbocycles. The molecule has 33 heavy (non-hydrogen) atoms. The molecule has 1 aromatic carbocycles. The standard InChI is InChI=1S/C25H24N4O3S/c1-15-7-5-8-16(2)23(15)27-22(30)14-28-24(31)21(33-25(28)32)12-19-11-17(3)29(18(19)4)20-9-6-10-26-13-20/h5-13H,14H2,1-4H3,(H,27,30)/b21-12-. The number of carbonyl (C=O) groups excluding carboxylic acids is 3. The zero-order valence-corrected chi connectivity index (χ0v) is 19.7. The van der Waals surface area contributed by atoms with Gasteiger partial charge in [-0.1, -0.05) is 18.2 Å². The third-order valence-corrected chi connectivity index (χ3v) is 6.49. The van der Waals surface area contributed by atoms with Gasteiger partial charge < -0.3 is 9.88 Å². The minimum absolute atomic E-state index is 0.298. The topological polar surface area (TPSA) is 84.3 Å². The maximum Gasteiger partial charge on any atom is 0.294 e. The molecule has 7 nitrogen and oxygen atoms in total. The molecule has 1 N–H and O–H groups in total. The van der Waals surface area contributed by atoms with Crippen LogP contribution < -0.4 is 5.32 Å². The zero-order valence-electron chi connectivity index (χ0n) is 18.9. The van der Waals surface area contributed by atoms with Crippen LogP contribution in [0.2, 0.25) is 0 Å². The molecule has 3 heterocycles. The van der Waals surface area contributed by atoms with E-state index in [1.165, 1.54) is 0 Å². The number of anilines is 1. The number of amides is 3. The van der Waals surface area contributed by atoms with Crippen LogP contribution in [0.15, 0.2) is 53.7 Å². The number of rotatable bonds is 5. The number of pyridine rings is 1. The minimum Gasteiger partial charge on any atom is -0.324 e. The Kier molecular flexibility index (Phi) is 6.20. The lowest BCUT2D eigenvalue weighted by Gasteiger charge is -2.15. The Balaban J connectivity index is 1.54. The molecule has 0 bridgehead atoms. The summed E-state index contributed by atoms with van der Waals surface area (Å²) in [6.07, 6.45) is 5.20. The van der Waals surface area contributed by atoms with Crippen LogP contribution in [0.3, 0.4) is 0 Å². The monoisotopic (exact) mass is 460 g/mol. The first-order chi connectivity index (χ1) is 15.8. The van der Waals surface area contributed by atoms with E-state index in [2.05, 4.69) is 10.3 Å². The van der Waals surface area contributed by atoms with Crippen LogP contribution in [0.25, 0.3) is 11.8 Å². The molecule has 0 atom stereocenters. The van der Waals surface area contributed by atoms with E-state index in [1.807, 2.05) is 68.7 Å². The molecule has 2 aromatic heterocycles. The van der Waals surface area contributed by atoms with Gasteiger partial charge in [-0.25, -0.2) is 0 Å². The first kappa shape index (κ1) is 22.5. The fourth-order valence-corrected chi connectivity index (χ4v) is 4.76. The highest BCUT2D eigenvalue weighted by molar-refractivity contribution is 8.18. The van der Waals surface area contributed by atoms with Crippen LogP contribution in [0, 0.1) is 27.7 Å². The number of para-hydroxylation sites is 1. The van der Waals surface area contributed by atoms with Crippen LogP contribution >= 0.6 is 11.8 Å². The van der Waals surface area contributed by atoms with Crippen molar-refractivity contribution in [2.24, 2.45) is 0 Å². The third kappa shape index (κ3) is 4.47. The molecule has 1 fully saturated rings. The van der Waals surface area contributed by atoms with Gasteiger partial charge in [-0.3, -0.25) is 24.3 Å². The van der Waals surface area contributed by atoms with Gasteiger partial charge in [-0.15, -0.1) is 0 Å². The molecule has 0 saturated carbocycles. The lowest BCUT2D eigenvalue weighted by molar-refractivity contribution is -0.127. The van der Waals surface area contributed by atoms with Crippen molar-refractivity contribution in [3.8, 4) is 5.69 Å². The molecule has 0 spiro atoms. The van der Waals surface area contributed by atoms with E-state index in [0.29, 0.717) is 10.6 Å². The minimum atomic E-state index is -0.465. The van der Waals surface area contributed by atoms with Gasteiger partial charge in [0.25, 0.3) is 11.1 Å². The maximum atomic E-state index is 12.9. The summed E-state index contributed by atoms with van der Waals surface area (Å²) < 4.78 is 2.04. The smallest absolute Gasteiger partial charge is 0.294 e. The molecule has 4 rings (SSSR count). The van der Waals surface area contributed by atoms with Crippen LogP contribution in [-0.2, 0) is 9.59 Å². The van der Waals surface area contributed by atoms with E-state index >= 15 is 0 Å². The second-order valence-electron chi connectivity index (χ2n) is 7.96. The molecule has 168 valence electrons. The average Bonchev–Trinajstić information content (AvgIpc) is 3.20. The van der Waals surface area contributed by atoms with E-state index in [-0.39, 0.29) is 6.54 Å².